The van der Waals surface area contributed by atoms with Crippen LogP contribution < -0.4 is 4.74 Å². The van der Waals surface area contributed by atoms with E-state index in [0.29, 0.717) is 11.8 Å². The lowest BCUT2D eigenvalue weighted by Crippen LogP contribution is -2.16. The van der Waals surface area contributed by atoms with E-state index in [-0.39, 0.29) is 5.41 Å². The highest BCUT2D eigenvalue weighted by atomic mass is 16.5. The van der Waals surface area contributed by atoms with Crippen molar-refractivity contribution >= 4 is 0 Å². The number of nitrogens with zero attached hydrogens (tertiary/aromatic N) is 2. The van der Waals surface area contributed by atoms with E-state index in [1.807, 2.05) is 0 Å². The first-order valence-electron chi connectivity index (χ1n) is 8.39. The van der Waals surface area contributed by atoms with Crippen LogP contribution in [0.2, 0.25) is 0 Å². The Kier molecular flexibility index (Phi) is 5.45. The van der Waals surface area contributed by atoms with E-state index >= 15 is 0 Å². The van der Waals surface area contributed by atoms with Gasteiger partial charge in [0.1, 0.15) is 5.75 Å². The molecule has 0 aliphatic heterocycles. The fourth-order valence-electron chi connectivity index (χ4n) is 2.58. The predicted octanol–water partition coefficient (Wildman–Crippen LogP) is 4.48. The molecule has 0 fully saturated rings. The van der Waals surface area contributed by atoms with Crippen LogP contribution in [0, 0.1) is 5.92 Å². The number of aromatic nitrogens is 3. The van der Waals surface area contributed by atoms with E-state index < -0.39 is 0 Å². The highest BCUT2D eigenvalue weighted by Crippen LogP contribution is 2.34. The highest BCUT2D eigenvalue weighted by Gasteiger charge is 2.21. The summed E-state index contributed by atoms with van der Waals surface area (Å²) in [4.78, 5) is 0. The fourth-order valence-corrected chi connectivity index (χ4v) is 2.58. The van der Waals surface area contributed by atoms with Crippen LogP contribution in [0.4, 0.5) is 0 Å². The molecule has 4 heteroatoms. The molecule has 2 rings (SSSR count). The minimum atomic E-state index is 0.0515. The summed E-state index contributed by atoms with van der Waals surface area (Å²) in [6.07, 6.45) is 2.67. The first-order valence-corrected chi connectivity index (χ1v) is 8.39. The predicted molar refractivity (Wildman–Crippen MR) is 94.0 cm³/mol. The summed E-state index contributed by atoms with van der Waals surface area (Å²) >= 11 is 0. The van der Waals surface area contributed by atoms with Gasteiger partial charge in [0.25, 0.3) is 0 Å². The molecule has 0 spiro atoms. The number of hydrogen-bond donors (Lipinski definition) is 1. The fraction of sp³-hybridized carbons (Fsp3) is 0.579. The number of benzene rings is 1. The number of ether oxygens (including phenoxy) is 1. The van der Waals surface area contributed by atoms with E-state index in [9.17, 15) is 0 Å². The zero-order valence-corrected chi connectivity index (χ0v) is 15.2. The van der Waals surface area contributed by atoms with Crippen molar-refractivity contribution in [2.45, 2.75) is 59.3 Å². The molecule has 1 N–H and O–H groups in total. The van der Waals surface area contributed by atoms with Gasteiger partial charge in [-0.25, -0.2) is 0 Å². The number of aromatic amines is 1. The molecule has 0 aliphatic rings. The molecule has 1 aromatic heterocycles. The van der Waals surface area contributed by atoms with E-state index in [2.05, 4.69) is 75.2 Å². The van der Waals surface area contributed by atoms with Crippen molar-refractivity contribution in [2.75, 3.05) is 6.61 Å². The molecule has 0 aliphatic carbocycles. The maximum atomic E-state index is 6.04. The van der Waals surface area contributed by atoms with Gasteiger partial charge in [0, 0.05) is 0 Å². The summed E-state index contributed by atoms with van der Waals surface area (Å²) in [5.41, 5.74) is 3.63. The Morgan fingerprint density at radius 2 is 1.91 bits per heavy atom. The number of nitrogens with one attached hydrogen (secondary N) is 1. The SMILES string of the molecule is CC(C)COc1ccc(C(C)Cc2cn[nH]n2)cc1C(C)(C)C. The lowest BCUT2D eigenvalue weighted by molar-refractivity contribution is 0.265. The van der Waals surface area contributed by atoms with Gasteiger partial charge in [-0.05, 0) is 40.9 Å². The standard InChI is InChI=1S/C19H29N3O/c1-13(2)12-23-18-8-7-15(10-17(18)19(4,5)6)14(3)9-16-11-20-22-21-16/h7-8,10-11,13-14H,9,12H2,1-6H3,(H,20,21,22). The Labute approximate surface area is 139 Å². The maximum absolute atomic E-state index is 6.04. The van der Waals surface area contributed by atoms with Crippen LogP contribution >= 0.6 is 0 Å². The lowest BCUT2D eigenvalue weighted by Gasteiger charge is -2.25. The number of rotatable bonds is 6. The van der Waals surface area contributed by atoms with Crippen LogP contribution in [-0.2, 0) is 11.8 Å². The van der Waals surface area contributed by atoms with E-state index in [4.69, 9.17) is 4.74 Å². The molecule has 1 heterocycles. The van der Waals surface area contributed by atoms with Gasteiger partial charge in [-0.15, -0.1) is 0 Å². The van der Waals surface area contributed by atoms with Gasteiger partial charge < -0.3 is 4.74 Å². The quantitative estimate of drug-likeness (QED) is 0.855. The van der Waals surface area contributed by atoms with Gasteiger partial charge in [0.05, 0.1) is 18.5 Å². The Morgan fingerprint density at radius 3 is 2.48 bits per heavy atom. The molecule has 126 valence electrons. The third kappa shape index (κ3) is 4.81. The molecule has 0 bridgehead atoms. The molecule has 1 aromatic carbocycles. The maximum Gasteiger partial charge on any atom is 0.123 e. The summed E-state index contributed by atoms with van der Waals surface area (Å²) in [5.74, 6) is 1.91. The normalized spacial score (nSPS) is 13.3. The van der Waals surface area contributed by atoms with Gasteiger partial charge in [-0.3, -0.25) is 0 Å². The van der Waals surface area contributed by atoms with E-state index in [0.717, 1.165) is 24.5 Å². The molecule has 0 saturated carbocycles. The van der Waals surface area contributed by atoms with Crippen LogP contribution in [-0.4, -0.2) is 22.0 Å². The summed E-state index contributed by atoms with van der Waals surface area (Å²) in [6, 6.07) is 6.59. The largest absolute Gasteiger partial charge is 0.493 e. The molecule has 1 atom stereocenters. The Hall–Kier alpha value is -1.84. The van der Waals surface area contributed by atoms with Crippen LogP contribution in [0.15, 0.2) is 24.4 Å². The van der Waals surface area contributed by atoms with Crippen molar-refractivity contribution in [1.82, 2.24) is 15.4 Å². The van der Waals surface area contributed by atoms with Gasteiger partial charge >= 0.3 is 0 Å². The lowest BCUT2D eigenvalue weighted by atomic mass is 9.83. The van der Waals surface area contributed by atoms with Crippen molar-refractivity contribution in [3.05, 3.63) is 41.2 Å². The number of hydrogen-bond acceptors (Lipinski definition) is 3. The Bertz CT molecular complexity index is 612. The van der Waals surface area contributed by atoms with Crippen LogP contribution in [0.3, 0.4) is 0 Å². The number of H-pyrrole nitrogens is 1. The summed E-state index contributed by atoms with van der Waals surface area (Å²) < 4.78 is 6.04. The van der Waals surface area contributed by atoms with Crippen molar-refractivity contribution in [3.63, 3.8) is 0 Å². The first kappa shape index (κ1) is 17.5. The minimum absolute atomic E-state index is 0.0515. The van der Waals surface area contributed by atoms with Gasteiger partial charge in [-0.2, -0.15) is 15.4 Å². The van der Waals surface area contributed by atoms with E-state index in [1.54, 1.807) is 6.20 Å². The Balaban J connectivity index is 2.24. The van der Waals surface area contributed by atoms with Crippen molar-refractivity contribution in [1.29, 1.82) is 0 Å². The molecule has 0 radical (unpaired) electrons. The molecule has 0 amide bonds. The second-order valence-electron chi connectivity index (χ2n) is 7.78. The molecule has 23 heavy (non-hydrogen) atoms. The summed E-state index contributed by atoms with van der Waals surface area (Å²) in [5, 5.41) is 10.7. The summed E-state index contributed by atoms with van der Waals surface area (Å²) in [6.45, 7) is 14.0. The van der Waals surface area contributed by atoms with Gasteiger partial charge in [0.2, 0.25) is 0 Å². The molecule has 4 nitrogen and oxygen atoms in total. The van der Waals surface area contributed by atoms with Gasteiger partial charge in [0.15, 0.2) is 0 Å². The minimum Gasteiger partial charge on any atom is -0.493 e. The second kappa shape index (κ2) is 7.16. The molecular weight excluding hydrogens is 286 g/mol. The van der Waals surface area contributed by atoms with E-state index in [1.165, 1.54) is 11.1 Å². The highest BCUT2D eigenvalue weighted by molar-refractivity contribution is 5.42. The molecule has 2 aromatic rings. The first-order chi connectivity index (χ1) is 10.8. The third-order valence-corrected chi connectivity index (χ3v) is 3.93. The summed E-state index contributed by atoms with van der Waals surface area (Å²) in [7, 11) is 0. The average molecular weight is 315 g/mol. The topological polar surface area (TPSA) is 50.8 Å². The molecule has 1 unspecified atom stereocenters. The van der Waals surface area contributed by atoms with Crippen molar-refractivity contribution < 1.29 is 4.74 Å². The average Bonchev–Trinajstić information content (AvgIpc) is 2.96. The van der Waals surface area contributed by atoms with Crippen LogP contribution in [0.25, 0.3) is 0 Å². The Morgan fingerprint density at radius 1 is 1.17 bits per heavy atom. The smallest absolute Gasteiger partial charge is 0.123 e. The molecular formula is C19H29N3O. The van der Waals surface area contributed by atoms with Crippen LogP contribution in [0.5, 0.6) is 5.75 Å². The van der Waals surface area contributed by atoms with Crippen molar-refractivity contribution in [3.8, 4) is 5.75 Å². The second-order valence-corrected chi connectivity index (χ2v) is 7.78. The zero-order chi connectivity index (χ0) is 17.0. The molecule has 0 saturated heterocycles. The van der Waals surface area contributed by atoms with Gasteiger partial charge in [-0.1, -0.05) is 53.7 Å². The monoisotopic (exact) mass is 315 g/mol. The van der Waals surface area contributed by atoms with Crippen molar-refractivity contribution in [2.24, 2.45) is 5.92 Å². The zero-order valence-electron chi connectivity index (χ0n) is 15.2. The van der Waals surface area contributed by atoms with Crippen LogP contribution in [0.1, 0.15) is 64.3 Å². The third-order valence-electron chi connectivity index (χ3n) is 3.93.